The zero-order valence-corrected chi connectivity index (χ0v) is 41.2. The van der Waals surface area contributed by atoms with Crippen molar-refractivity contribution in [2.45, 2.75) is 142 Å². The molecule has 2 aromatic heterocycles. The van der Waals surface area contributed by atoms with E-state index in [-0.39, 0.29) is 23.7 Å². The van der Waals surface area contributed by atoms with Crippen LogP contribution in [0.5, 0.6) is 0 Å². The number of carbonyl (C=O) groups is 4. The molecule has 12 nitrogen and oxygen atoms in total. The van der Waals surface area contributed by atoms with Gasteiger partial charge >= 0.3 is 24.1 Å². The van der Waals surface area contributed by atoms with Crippen LogP contribution in [-0.2, 0) is 27.3 Å². The standard InChI is InChI=1S/C29H34N2O4.C28H32N2O4/c1-29(2,3)35-28(33)31-17-16-30-24-18-20(27(32)34-4)14-15-21(24)25(19-10-6-5-7-11-19)26(30)22-12-8-9-13-23(22)31;1-28(2,3)34-27(33)30-16-15-29-23-17-19(26(31)32)13-14-20(23)24(18-9-5-4-6-10-18)25(29)21-11-7-8-12-22(21)30/h8-9,12-15,18-19H,5-7,10-11,16-17H2,1-4H3;7-8,11-14,17-18H,4-6,9-10,15-16H2,1-3H3,(H,31,32). The number of anilines is 2. The van der Waals surface area contributed by atoms with Gasteiger partial charge in [0.25, 0.3) is 0 Å². The summed E-state index contributed by atoms with van der Waals surface area (Å²) in [5.74, 6) is -0.399. The van der Waals surface area contributed by atoms with Gasteiger partial charge in [0.2, 0.25) is 0 Å². The summed E-state index contributed by atoms with van der Waals surface area (Å²) >= 11 is 0. The lowest BCUT2D eigenvalue weighted by molar-refractivity contribution is 0.0569. The Hall–Kier alpha value is -6.56. The summed E-state index contributed by atoms with van der Waals surface area (Å²) in [4.78, 5) is 54.1. The molecule has 4 aliphatic rings. The highest BCUT2D eigenvalue weighted by atomic mass is 16.6. The van der Waals surface area contributed by atoms with Gasteiger partial charge < -0.3 is 28.5 Å². The number of carboxylic acid groups (broad SMARTS) is 1. The lowest BCUT2D eigenvalue weighted by Crippen LogP contribution is -2.38. The van der Waals surface area contributed by atoms with Crippen molar-refractivity contribution in [3.63, 3.8) is 0 Å². The van der Waals surface area contributed by atoms with Gasteiger partial charge in [-0.15, -0.1) is 0 Å². The number of esters is 1. The third-order valence-corrected chi connectivity index (χ3v) is 14.1. The normalized spacial score (nSPS) is 16.5. The highest BCUT2D eigenvalue weighted by molar-refractivity contribution is 6.04. The van der Waals surface area contributed by atoms with Crippen LogP contribution in [-0.4, -0.2) is 69.8 Å². The van der Waals surface area contributed by atoms with Gasteiger partial charge in [-0.25, -0.2) is 19.2 Å². The van der Waals surface area contributed by atoms with Crippen LogP contribution in [0.25, 0.3) is 44.3 Å². The summed E-state index contributed by atoms with van der Waals surface area (Å²) in [5, 5.41) is 12.0. The van der Waals surface area contributed by atoms with Crippen molar-refractivity contribution in [3.05, 3.63) is 107 Å². The van der Waals surface area contributed by atoms with Crippen LogP contribution in [0.1, 0.15) is 149 Å². The summed E-state index contributed by atoms with van der Waals surface area (Å²) in [6, 6.07) is 27.6. The van der Waals surface area contributed by atoms with E-state index >= 15 is 0 Å². The summed E-state index contributed by atoms with van der Waals surface area (Å²) in [5.41, 5.74) is 10.3. The van der Waals surface area contributed by atoms with Gasteiger partial charge in [0, 0.05) is 59.1 Å². The Kier molecular flexibility index (Phi) is 13.1. The first-order valence-corrected chi connectivity index (χ1v) is 24.9. The molecule has 12 heteroatoms. The molecule has 2 fully saturated rings. The summed E-state index contributed by atoms with van der Waals surface area (Å²) < 4.78 is 21.1. The van der Waals surface area contributed by atoms with Gasteiger partial charge in [-0.3, -0.25) is 9.80 Å². The molecule has 2 amide bonds. The second-order valence-electron chi connectivity index (χ2n) is 21.1. The van der Waals surface area contributed by atoms with Crippen LogP contribution in [0.4, 0.5) is 21.0 Å². The Labute approximate surface area is 405 Å². The average molecular weight is 935 g/mol. The molecule has 0 bridgehead atoms. The van der Waals surface area contributed by atoms with Crippen LogP contribution in [0.15, 0.2) is 84.9 Å². The summed E-state index contributed by atoms with van der Waals surface area (Å²) in [7, 11) is 1.41. The zero-order valence-electron chi connectivity index (χ0n) is 41.2. The van der Waals surface area contributed by atoms with E-state index in [1.165, 1.54) is 62.1 Å². The topological polar surface area (TPSA) is 133 Å². The fourth-order valence-electron chi connectivity index (χ4n) is 11.3. The number of para-hydroxylation sites is 2. The number of aromatic nitrogens is 2. The van der Waals surface area contributed by atoms with Crippen molar-refractivity contribution >= 4 is 57.3 Å². The molecule has 69 heavy (non-hydrogen) atoms. The molecule has 2 saturated carbocycles. The van der Waals surface area contributed by atoms with Crippen molar-refractivity contribution < 1.29 is 38.5 Å². The lowest BCUT2D eigenvalue weighted by atomic mass is 9.81. The average Bonchev–Trinajstić information content (AvgIpc) is 3.68. The van der Waals surface area contributed by atoms with E-state index in [1.54, 1.807) is 21.9 Å². The Balaban J connectivity index is 0.000000172. The maximum atomic E-state index is 13.3. The highest BCUT2D eigenvalue weighted by Gasteiger charge is 2.36. The Bertz CT molecular complexity index is 2940. The van der Waals surface area contributed by atoms with Crippen LogP contribution in [0.3, 0.4) is 0 Å². The van der Waals surface area contributed by atoms with Crippen LogP contribution >= 0.6 is 0 Å². The van der Waals surface area contributed by atoms with Gasteiger partial charge in [0.15, 0.2) is 0 Å². The van der Waals surface area contributed by atoms with Crippen molar-refractivity contribution in [2.24, 2.45) is 0 Å². The van der Waals surface area contributed by atoms with Gasteiger partial charge in [-0.1, -0.05) is 87.1 Å². The van der Waals surface area contributed by atoms with E-state index in [0.717, 1.165) is 76.0 Å². The Morgan fingerprint density at radius 1 is 0.536 bits per heavy atom. The number of amides is 2. The third-order valence-electron chi connectivity index (χ3n) is 14.1. The van der Waals surface area contributed by atoms with E-state index in [4.69, 9.17) is 14.2 Å². The van der Waals surface area contributed by atoms with E-state index in [0.29, 0.717) is 43.6 Å². The fourth-order valence-corrected chi connectivity index (χ4v) is 11.3. The van der Waals surface area contributed by atoms with Crippen LogP contribution < -0.4 is 9.80 Å². The predicted octanol–water partition coefficient (Wildman–Crippen LogP) is 13.7. The zero-order chi connectivity index (χ0) is 48.8. The third kappa shape index (κ3) is 9.47. The van der Waals surface area contributed by atoms with E-state index < -0.39 is 17.2 Å². The molecular weight excluding hydrogens is 869 g/mol. The van der Waals surface area contributed by atoms with Crippen LogP contribution in [0, 0.1) is 0 Å². The fraction of sp³-hybridized carbons (Fsp3) is 0.439. The largest absolute Gasteiger partial charge is 0.478 e. The number of fused-ring (bicyclic) bond motifs is 10. The monoisotopic (exact) mass is 934 g/mol. The molecule has 4 heterocycles. The van der Waals surface area contributed by atoms with Crippen molar-refractivity contribution in [3.8, 4) is 22.5 Å². The second-order valence-corrected chi connectivity index (χ2v) is 21.1. The molecule has 6 aromatic rings. The lowest BCUT2D eigenvalue weighted by Gasteiger charge is -2.28. The second kappa shape index (κ2) is 19.1. The van der Waals surface area contributed by atoms with Crippen molar-refractivity contribution in [1.82, 2.24) is 9.13 Å². The minimum atomic E-state index is -0.930. The molecular formula is C57H66N4O8. The molecule has 0 atom stereocenters. The first-order valence-electron chi connectivity index (χ1n) is 24.9. The molecule has 0 spiro atoms. The number of methoxy groups -OCH3 is 1. The maximum absolute atomic E-state index is 13.3. The minimum absolute atomic E-state index is 0.282. The number of nitrogens with zero attached hydrogens (tertiary/aromatic N) is 4. The maximum Gasteiger partial charge on any atom is 0.414 e. The number of carboxylic acids is 1. The van der Waals surface area contributed by atoms with E-state index in [1.807, 2.05) is 96.1 Å². The van der Waals surface area contributed by atoms with Crippen LogP contribution in [0.2, 0.25) is 0 Å². The number of ether oxygens (including phenoxy) is 3. The van der Waals surface area contributed by atoms with E-state index in [2.05, 4.69) is 27.3 Å². The SMILES string of the molecule is CC(C)(C)OC(=O)N1CCn2c(c(C3CCCCC3)c3ccc(C(=O)O)cc32)-c2ccccc21.COC(=O)c1ccc2c(C3CCCCC3)c3n(c2c1)CCN(C(=O)OC(C)(C)C)c1ccccc1-3. The molecule has 0 unspecified atom stereocenters. The quantitative estimate of drug-likeness (QED) is 0.136. The first-order chi connectivity index (χ1) is 33.0. The molecule has 362 valence electrons. The number of hydrogen-bond donors (Lipinski definition) is 1. The Morgan fingerprint density at radius 2 is 0.942 bits per heavy atom. The molecule has 0 saturated heterocycles. The summed E-state index contributed by atoms with van der Waals surface area (Å²) in [6.07, 6.45) is 11.3. The van der Waals surface area contributed by atoms with Gasteiger partial charge in [0.05, 0.1) is 41.0 Å². The molecule has 4 aromatic carbocycles. The number of carbonyl (C=O) groups excluding carboxylic acids is 3. The molecule has 2 aliphatic heterocycles. The van der Waals surface area contributed by atoms with E-state index in [9.17, 15) is 24.3 Å². The molecule has 10 rings (SSSR count). The summed E-state index contributed by atoms with van der Waals surface area (Å²) in [6.45, 7) is 13.4. The minimum Gasteiger partial charge on any atom is -0.478 e. The molecule has 2 aliphatic carbocycles. The smallest absolute Gasteiger partial charge is 0.414 e. The number of hydrogen-bond acceptors (Lipinski definition) is 7. The highest BCUT2D eigenvalue weighted by Crippen LogP contribution is 2.49. The Morgan fingerprint density at radius 3 is 1.35 bits per heavy atom. The predicted molar refractivity (Wildman–Crippen MR) is 272 cm³/mol. The molecule has 0 radical (unpaired) electrons. The van der Waals surface area contributed by atoms with Gasteiger partial charge in [-0.05, 0) is 127 Å². The van der Waals surface area contributed by atoms with Crippen molar-refractivity contribution in [2.75, 3.05) is 30.0 Å². The van der Waals surface area contributed by atoms with Gasteiger partial charge in [-0.2, -0.15) is 0 Å². The van der Waals surface area contributed by atoms with Crippen molar-refractivity contribution in [1.29, 1.82) is 0 Å². The van der Waals surface area contributed by atoms with Gasteiger partial charge in [0.1, 0.15) is 11.2 Å². The number of rotatable bonds is 4. The number of aromatic carboxylic acids is 1. The number of benzene rings is 4. The molecule has 1 N–H and O–H groups in total. The first kappa shape index (κ1) is 47.5.